The summed E-state index contributed by atoms with van der Waals surface area (Å²) in [5.41, 5.74) is 5.35. The van der Waals surface area contributed by atoms with Gasteiger partial charge in [0, 0.05) is 43.4 Å². The maximum absolute atomic E-state index is 13.3. The van der Waals surface area contributed by atoms with Gasteiger partial charge in [0.05, 0.1) is 13.1 Å². The van der Waals surface area contributed by atoms with Crippen LogP contribution in [-0.2, 0) is 29.0 Å². The Morgan fingerprint density at radius 1 is 0.781 bits per heavy atom. The lowest BCUT2D eigenvalue weighted by molar-refractivity contribution is -0.122. The lowest BCUT2D eigenvalue weighted by Crippen LogP contribution is -2.44. The van der Waals surface area contributed by atoms with E-state index < -0.39 is 0 Å². The van der Waals surface area contributed by atoms with Crippen molar-refractivity contribution in [2.45, 2.75) is 19.4 Å². The molecule has 2 aliphatic rings. The van der Waals surface area contributed by atoms with E-state index in [1.54, 1.807) is 12.4 Å². The zero-order chi connectivity index (χ0) is 21.9. The molecule has 162 valence electrons. The Bertz CT molecular complexity index is 1060. The molecule has 3 aromatic rings. The van der Waals surface area contributed by atoms with E-state index in [0.29, 0.717) is 19.6 Å². The molecule has 6 nitrogen and oxygen atoms in total. The van der Waals surface area contributed by atoms with Gasteiger partial charge in [-0.15, -0.1) is 0 Å². The predicted octanol–water partition coefficient (Wildman–Crippen LogP) is 3.06. The number of amides is 2. The van der Waals surface area contributed by atoms with Gasteiger partial charge >= 0.3 is 0 Å². The normalized spacial score (nSPS) is 14.5. The third kappa shape index (κ3) is 4.14. The van der Waals surface area contributed by atoms with Crippen molar-refractivity contribution >= 4 is 23.2 Å². The van der Waals surface area contributed by atoms with E-state index in [1.807, 2.05) is 63.2 Å². The van der Waals surface area contributed by atoms with Crippen LogP contribution in [0.1, 0.15) is 16.7 Å². The summed E-state index contributed by atoms with van der Waals surface area (Å²) in [5, 5.41) is 0. The molecule has 0 bridgehead atoms. The first kappa shape index (κ1) is 20.4. The first-order valence-corrected chi connectivity index (χ1v) is 11.1. The van der Waals surface area contributed by atoms with Crippen molar-refractivity contribution in [1.29, 1.82) is 0 Å². The van der Waals surface area contributed by atoms with Gasteiger partial charge in [-0.05, 0) is 47.7 Å². The standard InChI is InChI=1S/C26H26N4O2/c31-25(29-14-11-21-7-1-3-9-23(21)29)18-28(17-20-6-5-13-27-16-20)19-26(32)30-15-12-22-8-2-4-10-24(22)30/h1-10,13,16H,11-12,14-15,17-19H2. The van der Waals surface area contributed by atoms with Crippen molar-refractivity contribution in [1.82, 2.24) is 9.88 Å². The number of rotatable bonds is 6. The molecule has 6 heteroatoms. The summed E-state index contributed by atoms with van der Waals surface area (Å²) < 4.78 is 0. The molecule has 2 aliphatic heterocycles. The number of para-hydroxylation sites is 2. The van der Waals surface area contributed by atoms with Gasteiger partial charge in [-0.25, -0.2) is 0 Å². The lowest BCUT2D eigenvalue weighted by atomic mass is 10.2. The highest BCUT2D eigenvalue weighted by Gasteiger charge is 2.29. The minimum absolute atomic E-state index is 0.0217. The molecule has 0 saturated carbocycles. The van der Waals surface area contributed by atoms with E-state index in [4.69, 9.17) is 0 Å². The molecule has 32 heavy (non-hydrogen) atoms. The largest absolute Gasteiger partial charge is 0.311 e. The van der Waals surface area contributed by atoms with Crippen LogP contribution >= 0.6 is 0 Å². The molecule has 2 amide bonds. The number of carbonyl (C=O) groups is 2. The summed E-state index contributed by atoms with van der Waals surface area (Å²) >= 11 is 0. The Labute approximate surface area is 188 Å². The van der Waals surface area contributed by atoms with Crippen molar-refractivity contribution in [3.63, 3.8) is 0 Å². The minimum atomic E-state index is 0.0217. The van der Waals surface area contributed by atoms with E-state index in [2.05, 4.69) is 17.1 Å². The predicted molar refractivity (Wildman–Crippen MR) is 125 cm³/mol. The summed E-state index contributed by atoms with van der Waals surface area (Å²) in [6.07, 6.45) is 5.26. The van der Waals surface area contributed by atoms with Gasteiger partial charge in [0.1, 0.15) is 0 Å². The molecule has 2 aromatic carbocycles. The third-order valence-corrected chi connectivity index (χ3v) is 6.22. The Kier molecular flexibility index (Phi) is 5.69. The quantitative estimate of drug-likeness (QED) is 0.608. The average molecular weight is 427 g/mol. The molecule has 0 saturated heterocycles. The fraction of sp³-hybridized carbons (Fsp3) is 0.269. The number of anilines is 2. The van der Waals surface area contributed by atoms with Crippen LogP contribution in [0.15, 0.2) is 73.1 Å². The summed E-state index contributed by atoms with van der Waals surface area (Å²) in [4.78, 5) is 36.3. The van der Waals surface area contributed by atoms with Crippen LogP contribution < -0.4 is 9.80 Å². The van der Waals surface area contributed by atoms with Crippen molar-refractivity contribution in [2.75, 3.05) is 36.0 Å². The fourth-order valence-electron chi connectivity index (χ4n) is 4.67. The Morgan fingerprint density at radius 2 is 1.34 bits per heavy atom. The average Bonchev–Trinajstić information content (AvgIpc) is 3.44. The molecule has 1 aromatic heterocycles. The van der Waals surface area contributed by atoms with Gasteiger partial charge in [-0.3, -0.25) is 19.5 Å². The summed E-state index contributed by atoms with van der Waals surface area (Å²) in [6.45, 7) is 2.24. The summed E-state index contributed by atoms with van der Waals surface area (Å²) in [7, 11) is 0. The molecule has 0 radical (unpaired) electrons. The zero-order valence-corrected chi connectivity index (χ0v) is 18.0. The van der Waals surface area contributed by atoms with Crippen LogP contribution in [0, 0.1) is 0 Å². The number of pyridine rings is 1. The first-order valence-electron chi connectivity index (χ1n) is 11.1. The number of nitrogens with zero attached hydrogens (tertiary/aromatic N) is 4. The first-order chi connectivity index (χ1) is 15.7. The van der Waals surface area contributed by atoms with Crippen LogP contribution in [-0.4, -0.2) is 47.9 Å². The Morgan fingerprint density at radius 3 is 1.88 bits per heavy atom. The zero-order valence-electron chi connectivity index (χ0n) is 18.0. The lowest BCUT2D eigenvalue weighted by Gasteiger charge is -2.27. The van der Waals surface area contributed by atoms with Gasteiger partial charge < -0.3 is 9.80 Å². The van der Waals surface area contributed by atoms with E-state index in [1.165, 1.54) is 11.1 Å². The minimum Gasteiger partial charge on any atom is -0.311 e. The van der Waals surface area contributed by atoms with Gasteiger partial charge in [0.2, 0.25) is 11.8 Å². The van der Waals surface area contributed by atoms with E-state index in [-0.39, 0.29) is 24.9 Å². The van der Waals surface area contributed by atoms with E-state index in [0.717, 1.165) is 29.8 Å². The smallest absolute Gasteiger partial charge is 0.241 e. The summed E-state index contributed by atoms with van der Waals surface area (Å²) in [6, 6.07) is 19.9. The number of carbonyl (C=O) groups excluding carboxylic acids is 2. The molecule has 0 N–H and O–H groups in total. The second-order valence-electron chi connectivity index (χ2n) is 8.35. The summed E-state index contributed by atoms with van der Waals surface area (Å²) in [5.74, 6) is 0.0434. The molecule has 5 rings (SSSR count). The Hall–Kier alpha value is -3.51. The number of fused-ring (bicyclic) bond motifs is 2. The van der Waals surface area contributed by atoms with Crippen molar-refractivity contribution in [3.8, 4) is 0 Å². The third-order valence-electron chi connectivity index (χ3n) is 6.22. The highest BCUT2D eigenvalue weighted by molar-refractivity contribution is 5.99. The van der Waals surface area contributed by atoms with E-state index in [9.17, 15) is 9.59 Å². The number of aromatic nitrogens is 1. The molecular formula is C26H26N4O2. The van der Waals surface area contributed by atoms with Crippen LogP contribution in [0.3, 0.4) is 0 Å². The molecule has 0 spiro atoms. The van der Waals surface area contributed by atoms with Gasteiger partial charge in [-0.1, -0.05) is 42.5 Å². The monoisotopic (exact) mass is 426 g/mol. The highest BCUT2D eigenvalue weighted by Crippen LogP contribution is 2.29. The topological polar surface area (TPSA) is 56.8 Å². The molecule has 0 unspecified atom stereocenters. The molecule has 0 atom stereocenters. The van der Waals surface area contributed by atoms with Gasteiger partial charge in [0.15, 0.2) is 0 Å². The van der Waals surface area contributed by atoms with Crippen molar-refractivity contribution in [2.24, 2.45) is 0 Å². The second-order valence-corrected chi connectivity index (χ2v) is 8.35. The SMILES string of the molecule is O=C(CN(CC(=O)N1CCc2ccccc21)Cc1cccnc1)N1CCc2ccccc21. The number of hydrogen-bond acceptors (Lipinski definition) is 4. The molecular weight excluding hydrogens is 400 g/mol. The number of hydrogen-bond donors (Lipinski definition) is 0. The molecule has 0 aliphatic carbocycles. The molecule has 3 heterocycles. The van der Waals surface area contributed by atoms with Crippen LogP contribution in [0.25, 0.3) is 0 Å². The fourth-order valence-corrected chi connectivity index (χ4v) is 4.67. The Balaban J connectivity index is 1.33. The van der Waals surface area contributed by atoms with E-state index >= 15 is 0 Å². The van der Waals surface area contributed by atoms with Crippen LogP contribution in [0.4, 0.5) is 11.4 Å². The van der Waals surface area contributed by atoms with Gasteiger partial charge in [-0.2, -0.15) is 0 Å². The maximum Gasteiger partial charge on any atom is 0.241 e. The van der Waals surface area contributed by atoms with Gasteiger partial charge in [0.25, 0.3) is 0 Å². The van der Waals surface area contributed by atoms with Crippen LogP contribution in [0.5, 0.6) is 0 Å². The van der Waals surface area contributed by atoms with Crippen molar-refractivity contribution in [3.05, 3.63) is 89.7 Å². The van der Waals surface area contributed by atoms with Crippen molar-refractivity contribution < 1.29 is 9.59 Å². The molecule has 0 fully saturated rings. The number of benzene rings is 2. The highest BCUT2D eigenvalue weighted by atomic mass is 16.2. The maximum atomic E-state index is 13.3. The second kappa shape index (κ2) is 8.93. The van der Waals surface area contributed by atoms with Crippen LogP contribution in [0.2, 0.25) is 0 Å².